The van der Waals surface area contributed by atoms with Gasteiger partial charge in [-0.1, -0.05) is 13.8 Å². The lowest BCUT2D eigenvalue weighted by atomic mass is 10.2. The molecular formula is C14H28N4O2. The summed E-state index contributed by atoms with van der Waals surface area (Å²) in [6.07, 6.45) is 0.169. The van der Waals surface area contributed by atoms with E-state index in [0.717, 1.165) is 52.5 Å². The number of rotatable bonds is 4. The number of ether oxygens (including phenoxy) is 2. The van der Waals surface area contributed by atoms with E-state index in [9.17, 15) is 0 Å². The summed E-state index contributed by atoms with van der Waals surface area (Å²) >= 11 is 0. The van der Waals surface area contributed by atoms with Gasteiger partial charge in [0.15, 0.2) is 5.96 Å². The van der Waals surface area contributed by atoms with Crippen molar-refractivity contribution < 1.29 is 9.47 Å². The predicted molar refractivity (Wildman–Crippen MR) is 79.9 cm³/mol. The molecule has 0 aromatic carbocycles. The summed E-state index contributed by atoms with van der Waals surface area (Å²) in [5, 5.41) is 0. The second kappa shape index (κ2) is 7.81. The Morgan fingerprint density at radius 2 is 2.00 bits per heavy atom. The number of guanidine groups is 1. The number of hydrogen-bond acceptors (Lipinski definition) is 4. The fourth-order valence-corrected chi connectivity index (χ4v) is 2.66. The summed E-state index contributed by atoms with van der Waals surface area (Å²) in [4.78, 5) is 9.04. The molecule has 0 aromatic heterocycles. The molecular weight excluding hydrogens is 256 g/mol. The monoisotopic (exact) mass is 284 g/mol. The van der Waals surface area contributed by atoms with Gasteiger partial charge in [-0.15, -0.1) is 0 Å². The van der Waals surface area contributed by atoms with Crippen LogP contribution in [0.3, 0.4) is 0 Å². The zero-order valence-corrected chi connectivity index (χ0v) is 12.8. The van der Waals surface area contributed by atoms with Crippen LogP contribution in [-0.2, 0) is 9.47 Å². The van der Waals surface area contributed by atoms with Crippen molar-refractivity contribution in [2.24, 2.45) is 16.6 Å². The van der Waals surface area contributed by atoms with Crippen LogP contribution in [0.4, 0.5) is 0 Å². The molecule has 1 atom stereocenters. The van der Waals surface area contributed by atoms with E-state index >= 15 is 0 Å². The molecule has 0 radical (unpaired) electrons. The minimum atomic E-state index is 0.169. The van der Waals surface area contributed by atoms with Crippen molar-refractivity contribution >= 4 is 5.96 Å². The lowest BCUT2D eigenvalue weighted by Crippen LogP contribution is -2.47. The smallest absolute Gasteiger partial charge is 0.191 e. The molecule has 2 saturated heterocycles. The van der Waals surface area contributed by atoms with Gasteiger partial charge in [-0.2, -0.15) is 0 Å². The van der Waals surface area contributed by atoms with Crippen LogP contribution in [0.15, 0.2) is 4.99 Å². The Morgan fingerprint density at radius 1 is 1.25 bits per heavy atom. The van der Waals surface area contributed by atoms with Gasteiger partial charge in [0.05, 0.1) is 32.5 Å². The Labute approximate surface area is 121 Å². The minimum absolute atomic E-state index is 0.169. The third kappa shape index (κ3) is 4.92. The highest BCUT2D eigenvalue weighted by molar-refractivity contribution is 5.78. The maximum Gasteiger partial charge on any atom is 0.191 e. The van der Waals surface area contributed by atoms with Crippen molar-refractivity contribution in [3.8, 4) is 0 Å². The SMILES string of the molecule is CC(C)CN1CCOC(CN=C(N)N2CCOCC2)C1. The predicted octanol–water partition coefficient (Wildman–Crippen LogP) is -0.00990. The first-order valence-corrected chi connectivity index (χ1v) is 7.61. The van der Waals surface area contributed by atoms with Crippen LogP contribution in [0, 0.1) is 5.92 Å². The van der Waals surface area contributed by atoms with Crippen LogP contribution in [-0.4, -0.2) is 81.0 Å². The van der Waals surface area contributed by atoms with Crippen LogP contribution in [0.25, 0.3) is 0 Å². The van der Waals surface area contributed by atoms with Gasteiger partial charge in [0.2, 0.25) is 0 Å². The van der Waals surface area contributed by atoms with Gasteiger partial charge in [0.25, 0.3) is 0 Å². The van der Waals surface area contributed by atoms with Crippen molar-refractivity contribution in [3.63, 3.8) is 0 Å². The zero-order chi connectivity index (χ0) is 14.4. The van der Waals surface area contributed by atoms with Gasteiger partial charge >= 0.3 is 0 Å². The summed E-state index contributed by atoms with van der Waals surface area (Å²) in [6.45, 7) is 12.2. The highest BCUT2D eigenvalue weighted by atomic mass is 16.5. The molecule has 0 aliphatic carbocycles. The third-order valence-corrected chi connectivity index (χ3v) is 3.64. The molecule has 2 aliphatic rings. The molecule has 0 aromatic rings. The van der Waals surface area contributed by atoms with E-state index in [4.69, 9.17) is 15.2 Å². The number of morpholine rings is 2. The van der Waals surface area contributed by atoms with E-state index in [1.165, 1.54) is 0 Å². The van der Waals surface area contributed by atoms with E-state index in [0.29, 0.717) is 18.4 Å². The quantitative estimate of drug-likeness (QED) is 0.581. The number of aliphatic imine (C=N–C) groups is 1. The fourth-order valence-electron chi connectivity index (χ4n) is 2.66. The maximum atomic E-state index is 6.03. The molecule has 1 unspecified atom stereocenters. The van der Waals surface area contributed by atoms with E-state index in [-0.39, 0.29) is 6.10 Å². The largest absolute Gasteiger partial charge is 0.378 e. The molecule has 2 heterocycles. The molecule has 2 N–H and O–H groups in total. The molecule has 0 bridgehead atoms. The van der Waals surface area contributed by atoms with Crippen LogP contribution < -0.4 is 5.73 Å². The van der Waals surface area contributed by atoms with Gasteiger partial charge in [-0.25, -0.2) is 0 Å². The van der Waals surface area contributed by atoms with E-state index in [1.807, 2.05) is 0 Å². The molecule has 2 rings (SSSR count). The average molecular weight is 284 g/mol. The Kier molecular flexibility index (Phi) is 6.06. The highest BCUT2D eigenvalue weighted by Gasteiger charge is 2.21. The van der Waals surface area contributed by atoms with Gasteiger partial charge in [0, 0.05) is 32.7 Å². The molecule has 6 heteroatoms. The molecule has 0 saturated carbocycles. The summed E-state index contributed by atoms with van der Waals surface area (Å²) in [5.74, 6) is 1.31. The van der Waals surface area contributed by atoms with Gasteiger partial charge in [-0.3, -0.25) is 9.89 Å². The summed E-state index contributed by atoms with van der Waals surface area (Å²) in [6, 6.07) is 0. The normalized spacial score (nSPS) is 26.2. The van der Waals surface area contributed by atoms with Crippen LogP contribution >= 0.6 is 0 Å². The number of nitrogens with zero attached hydrogens (tertiary/aromatic N) is 3. The first-order chi connectivity index (χ1) is 9.65. The minimum Gasteiger partial charge on any atom is -0.378 e. The summed E-state index contributed by atoms with van der Waals surface area (Å²) in [7, 11) is 0. The van der Waals surface area contributed by atoms with Crippen molar-refractivity contribution in [2.75, 3.05) is 59.1 Å². The average Bonchev–Trinajstić information content (AvgIpc) is 2.45. The fraction of sp³-hybridized carbons (Fsp3) is 0.929. The van der Waals surface area contributed by atoms with Gasteiger partial charge < -0.3 is 20.1 Å². The zero-order valence-electron chi connectivity index (χ0n) is 12.8. The lowest BCUT2D eigenvalue weighted by Gasteiger charge is -2.33. The Morgan fingerprint density at radius 3 is 2.70 bits per heavy atom. The van der Waals surface area contributed by atoms with Crippen LogP contribution in [0.2, 0.25) is 0 Å². The van der Waals surface area contributed by atoms with Gasteiger partial charge in [0.1, 0.15) is 0 Å². The number of hydrogen-bond donors (Lipinski definition) is 1. The molecule has 0 spiro atoms. The lowest BCUT2D eigenvalue weighted by molar-refractivity contribution is -0.0263. The molecule has 116 valence electrons. The molecule has 2 fully saturated rings. The molecule has 6 nitrogen and oxygen atoms in total. The Balaban J connectivity index is 1.77. The van der Waals surface area contributed by atoms with E-state index in [1.54, 1.807) is 0 Å². The molecule has 20 heavy (non-hydrogen) atoms. The third-order valence-electron chi connectivity index (χ3n) is 3.64. The van der Waals surface area contributed by atoms with E-state index in [2.05, 4.69) is 28.6 Å². The molecule has 0 amide bonds. The molecule has 2 aliphatic heterocycles. The first-order valence-electron chi connectivity index (χ1n) is 7.61. The highest BCUT2D eigenvalue weighted by Crippen LogP contribution is 2.08. The Bertz CT molecular complexity index is 316. The first kappa shape index (κ1) is 15.5. The van der Waals surface area contributed by atoms with Crippen LogP contribution in [0.5, 0.6) is 0 Å². The van der Waals surface area contributed by atoms with Crippen molar-refractivity contribution in [1.29, 1.82) is 0 Å². The van der Waals surface area contributed by atoms with Crippen molar-refractivity contribution in [3.05, 3.63) is 0 Å². The summed E-state index contributed by atoms with van der Waals surface area (Å²) < 4.78 is 11.1. The maximum absolute atomic E-state index is 6.03. The van der Waals surface area contributed by atoms with E-state index < -0.39 is 0 Å². The number of nitrogens with two attached hydrogens (primary N) is 1. The second-order valence-corrected chi connectivity index (χ2v) is 5.94. The van der Waals surface area contributed by atoms with Crippen molar-refractivity contribution in [2.45, 2.75) is 20.0 Å². The van der Waals surface area contributed by atoms with Crippen molar-refractivity contribution in [1.82, 2.24) is 9.80 Å². The second-order valence-electron chi connectivity index (χ2n) is 5.94. The summed E-state index contributed by atoms with van der Waals surface area (Å²) in [5.41, 5.74) is 6.03. The topological polar surface area (TPSA) is 63.3 Å². The van der Waals surface area contributed by atoms with Gasteiger partial charge in [-0.05, 0) is 5.92 Å². The Hall–Kier alpha value is -0.850. The van der Waals surface area contributed by atoms with Crippen LogP contribution in [0.1, 0.15) is 13.8 Å². The standard InChI is InChI=1S/C14H28N4O2/c1-12(2)10-17-3-8-20-13(11-17)9-16-14(15)18-4-6-19-7-5-18/h12-13H,3-11H2,1-2H3,(H2,15,16).